The van der Waals surface area contributed by atoms with Crippen molar-refractivity contribution in [3.8, 4) is 0 Å². The number of halogens is 4. The maximum atomic E-state index is 11.4. The van der Waals surface area contributed by atoms with Gasteiger partial charge in [0.05, 0.1) is 11.1 Å². The highest BCUT2D eigenvalue weighted by Gasteiger charge is 2.31. The molecule has 0 radical (unpaired) electrons. The first-order chi connectivity index (χ1) is 3.98. The van der Waals surface area contributed by atoms with Crippen LogP contribution in [0.3, 0.4) is 0 Å². The van der Waals surface area contributed by atoms with E-state index in [4.69, 9.17) is 5.11 Å². The van der Waals surface area contributed by atoms with Gasteiger partial charge in [-0.25, -0.2) is 0 Å². The molecule has 54 valence electrons. The van der Waals surface area contributed by atoms with Gasteiger partial charge in [0.15, 0.2) is 0 Å². The van der Waals surface area contributed by atoms with Crippen LogP contribution in [-0.4, -0.2) is 17.9 Å². The van der Waals surface area contributed by atoms with Crippen molar-refractivity contribution in [1.29, 1.82) is 0 Å². The first-order valence-electron chi connectivity index (χ1n) is 2.02. The molecule has 9 heavy (non-hydrogen) atoms. The summed E-state index contributed by atoms with van der Waals surface area (Å²) in [6, 6.07) is 0. The van der Waals surface area contributed by atoms with Gasteiger partial charge in [-0.1, -0.05) is 0 Å². The van der Waals surface area contributed by atoms with Gasteiger partial charge in [-0.05, 0) is 22.0 Å². The van der Waals surface area contributed by atoms with Gasteiger partial charge >= 0.3 is 6.18 Å². The molecule has 0 bridgehead atoms. The van der Waals surface area contributed by atoms with E-state index in [0.717, 1.165) is 0 Å². The lowest BCUT2D eigenvalue weighted by molar-refractivity contribution is -0.0832. The van der Waals surface area contributed by atoms with Gasteiger partial charge in [-0.15, -0.1) is 0 Å². The van der Waals surface area contributed by atoms with Gasteiger partial charge in [0, 0.05) is 0 Å². The van der Waals surface area contributed by atoms with Crippen LogP contribution in [0.25, 0.3) is 0 Å². The van der Waals surface area contributed by atoms with Gasteiger partial charge in [0.2, 0.25) is 0 Å². The molecule has 0 saturated carbocycles. The highest BCUT2D eigenvalue weighted by atomic mass is 79.9. The smallest absolute Gasteiger partial charge is 0.392 e. The molecular formula is C4H4BrF3O. The van der Waals surface area contributed by atoms with Gasteiger partial charge in [0.1, 0.15) is 0 Å². The van der Waals surface area contributed by atoms with Gasteiger partial charge < -0.3 is 5.11 Å². The molecule has 0 heterocycles. The number of hydrogen-bond donors (Lipinski definition) is 1. The highest BCUT2D eigenvalue weighted by Crippen LogP contribution is 2.29. The zero-order chi connectivity index (χ0) is 7.49. The zero-order valence-corrected chi connectivity index (χ0v) is 5.83. The Kier molecular flexibility index (Phi) is 3.21. The fourth-order valence-corrected chi connectivity index (χ4v) is 0.341. The lowest BCUT2D eigenvalue weighted by atomic mass is 10.5. The lowest BCUT2D eigenvalue weighted by Crippen LogP contribution is -2.06. The Morgan fingerprint density at radius 1 is 1.56 bits per heavy atom. The fourth-order valence-electron chi connectivity index (χ4n) is 0.196. The van der Waals surface area contributed by atoms with Crippen LogP contribution in [0.1, 0.15) is 0 Å². The molecule has 0 rings (SSSR count). The van der Waals surface area contributed by atoms with E-state index in [1.54, 1.807) is 0 Å². The second-order valence-corrected chi connectivity index (χ2v) is 2.09. The summed E-state index contributed by atoms with van der Waals surface area (Å²) in [5.74, 6) is 0. The number of rotatable bonds is 1. The molecule has 1 N–H and O–H groups in total. The fraction of sp³-hybridized carbons (Fsp3) is 0.500. The molecule has 0 aromatic rings. The maximum Gasteiger partial charge on any atom is 0.422 e. The van der Waals surface area contributed by atoms with Crippen LogP contribution >= 0.6 is 15.9 Å². The molecule has 0 unspecified atom stereocenters. The van der Waals surface area contributed by atoms with Crippen molar-refractivity contribution in [3.05, 3.63) is 10.6 Å². The number of alkyl halides is 3. The van der Waals surface area contributed by atoms with Crippen molar-refractivity contribution in [1.82, 2.24) is 0 Å². The largest absolute Gasteiger partial charge is 0.422 e. The summed E-state index contributed by atoms with van der Waals surface area (Å²) in [6.45, 7) is -0.611. The Labute approximate surface area is 58.3 Å². The van der Waals surface area contributed by atoms with E-state index in [1.165, 1.54) is 0 Å². The Hall–Kier alpha value is -0.0300. The SMILES string of the molecule is OC/C=C(\Br)C(F)(F)F. The van der Waals surface area contributed by atoms with Gasteiger partial charge in [0.25, 0.3) is 0 Å². The molecular weight excluding hydrogens is 201 g/mol. The van der Waals surface area contributed by atoms with Gasteiger partial charge in [-0.2, -0.15) is 13.2 Å². The number of aliphatic hydroxyl groups excluding tert-OH is 1. The molecule has 0 saturated heterocycles. The third-order valence-electron chi connectivity index (χ3n) is 0.541. The minimum Gasteiger partial charge on any atom is -0.392 e. The first-order valence-corrected chi connectivity index (χ1v) is 2.81. The van der Waals surface area contributed by atoms with E-state index in [0.29, 0.717) is 6.08 Å². The van der Waals surface area contributed by atoms with Crippen LogP contribution in [0.4, 0.5) is 13.2 Å². The Bertz CT molecular complexity index is 117. The summed E-state index contributed by atoms with van der Waals surface area (Å²) in [7, 11) is 0. The minimum atomic E-state index is -4.37. The van der Waals surface area contributed by atoms with Crippen LogP contribution in [0, 0.1) is 0 Å². The van der Waals surface area contributed by atoms with Crippen LogP contribution in [0.2, 0.25) is 0 Å². The zero-order valence-electron chi connectivity index (χ0n) is 4.24. The predicted molar refractivity (Wildman–Crippen MR) is 30.2 cm³/mol. The topological polar surface area (TPSA) is 20.2 Å². The summed E-state index contributed by atoms with van der Waals surface area (Å²) >= 11 is 2.23. The van der Waals surface area contributed by atoms with E-state index < -0.39 is 17.3 Å². The minimum absolute atomic E-state index is 0.611. The Morgan fingerprint density at radius 3 is 2.11 bits per heavy atom. The standard InChI is InChI=1S/C4H4BrF3O/c5-3(1-2-9)4(6,7)8/h1,9H,2H2/b3-1-. The van der Waals surface area contributed by atoms with Crippen LogP contribution in [-0.2, 0) is 0 Å². The number of aliphatic hydroxyl groups is 1. The quantitative estimate of drug-likeness (QED) is 0.692. The summed E-state index contributed by atoms with van der Waals surface area (Å²) in [5, 5.41) is 7.99. The third-order valence-corrected chi connectivity index (χ3v) is 1.31. The van der Waals surface area contributed by atoms with E-state index in [-0.39, 0.29) is 0 Å². The van der Waals surface area contributed by atoms with E-state index >= 15 is 0 Å². The summed E-state index contributed by atoms with van der Waals surface area (Å²) in [6.07, 6.45) is -3.73. The monoisotopic (exact) mass is 204 g/mol. The lowest BCUT2D eigenvalue weighted by Gasteiger charge is -2.02. The molecule has 1 nitrogen and oxygen atoms in total. The predicted octanol–water partition coefficient (Wildman–Crippen LogP) is 1.82. The van der Waals surface area contributed by atoms with Crippen LogP contribution in [0.5, 0.6) is 0 Å². The van der Waals surface area contributed by atoms with E-state index in [2.05, 4.69) is 15.9 Å². The van der Waals surface area contributed by atoms with Crippen molar-refractivity contribution in [2.45, 2.75) is 6.18 Å². The van der Waals surface area contributed by atoms with E-state index in [1.807, 2.05) is 0 Å². The molecule has 0 amide bonds. The van der Waals surface area contributed by atoms with Crippen LogP contribution < -0.4 is 0 Å². The van der Waals surface area contributed by atoms with Gasteiger partial charge in [-0.3, -0.25) is 0 Å². The maximum absolute atomic E-state index is 11.4. The first kappa shape index (κ1) is 8.97. The van der Waals surface area contributed by atoms with Crippen molar-refractivity contribution in [2.75, 3.05) is 6.61 Å². The second kappa shape index (κ2) is 3.22. The molecule has 0 spiro atoms. The molecule has 0 atom stereocenters. The van der Waals surface area contributed by atoms with E-state index in [9.17, 15) is 13.2 Å². The Morgan fingerprint density at radius 2 is 2.00 bits per heavy atom. The highest BCUT2D eigenvalue weighted by molar-refractivity contribution is 9.11. The summed E-state index contributed by atoms with van der Waals surface area (Å²) in [5.41, 5.74) is 0. The van der Waals surface area contributed by atoms with Crippen LogP contribution in [0.15, 0.2) is 10.6 Å². The molecule has 0 fully saturated rings. The average Bonchev–Trinajstić information content (AvgIpc) is 1.64. The summed E-state index contributed by atoms with van der Waals surface area (Å²) < 4.78 is 33.3. The molecule has 0 aromatic carbocycles. The second-order valence-electron chi connectivity index (χ2n) is 1.23. The third kappa shape index (κ3) is 3.53. The number of allylic oxidation sites excluding steroid dienone is 1. The number of hydrogen-bond acceptors (Lipinski definition) is 1. The van der Waals surface area contributed by atoms with Crippen molar-refractivity contribution < 1.29 is 18.3 Å². The molecule has 0 aliphatic rings. The molecule has 0 aliphatic heterocycles. The average molecular weight is 205 g/mol. The van der Waals surface area contributed by atoms with Crippen molar-refractivity contribution >= 4 is 15.9 Å². The van der Waals surface area contributed by atoms with Crippen molar-refractivity contribution in [3.63, 3.8) is 0 Å². The molecule has 0 aromatic heterocycles. The molecule has 0 aliphatic carbocycles. The molecule has 5 heteroatoms. The normalized spacial score (nSPS) is 14.1. The Balaban J connectivity index is 4.03. The summed E-state index contributed by atoms with van der Waals surface area (Å²) in [4.78, 5) is 0. The van der Waals surface area contributed by atoms with Crippen molar-refractivity contribution in [2.24, 2.45) is 0 Å².